The van der Waals surface area contributed by atoms with Crippen LogP contribution in [0.15, 0.2) is 42.5 Å². The number of carbonyl (C=O) groups is 1. The van der Waals surface area contributed by atoms with Crippen LogP contribution in [0.5, 0.6) is 11.5 Å². The zero-order chi connectivity index (χ0) is 17.7. The fourth-order valence-electron chi connectivity index (χ4n) is 2.61. The first-order valence-electron chi connectivity index (χ1n) is 7.74. The molecular weight excluding hydrogens is 326 g/mol. The van der Waals surface area contributed by atoms with Gasteiger partial charge in [-0.1, -0.05) is 37.6 Å². The van der Waals surface area contributed by atoms with Crippen LogP contribution in [-0.4, -0.2) is 20.1 Å². The number of amides is 1. The predicted molar refractivity (Wildman–Crippen MR) is 97.2 cm³/mol. The standard InChI is InChI=1S/C19H22ClNO3/c1-12(2)18(13-5-7-14(20)8-6-13)19(22)21-15-9-16(23-3)11-17(10-15)24-4/h5-12,18H,1-4H3,(H,21,22). The van der Waals surface area contributed by atoms with Gasteiger partial charge >= 0.3 is 0 Å². The Bertz CT molecular complexity index is 676. The Hall–Kier alpha value is -2.20. The topological polar surface area (TPSA) is 47.6 Å². The Morgan fingerprint density at radius 2 is 1.54 bits per heavy atom. The summed E-state index contributed by atoms with van der Waals surface area (Å²) in [6.45, 7) is 4.04. The lowest BCUT2D eigenvalue weighted by molar-refractivity contribution is -0.118. The third-order valence-electron chi connectivity index (χ3n) is 3.80. The minimum Gasteiger partial charge on any atom is -0.497 e. The second-order valence-electron chi connectivity index (χ2n) is 5.86. The van der Waals surface area contributed by atoms with Gasteiger partial charge in [-0.3, -0.25) is 4.79 Å². The van der Waals surface area contributed by atoms with E-state index < -0.39 is 0 Å². The Morgan fingerprint density at radius 3 is 2.00 bits per heavy atom. The molecule has 1 unspecified atom stereocenters. The van der Waals surface area contributed by atoms with Gasteiger partial charge < -0.3 is 14.8 Å². The van der Waals surface area contributed by atoms with E-state index in [1.54, 1.807) is 44.6 Å². The normalized spacial score (nSPS) is 11.9. The molecule has 0 bridgehead atoms. The molecule has 0 aliphatic heterocycles. The summed E-state index contributed by atoms with van der Waals surface area (Å²) in [5.74, 6) is 1.02. The minimum atomic E-state index is -0.278. The average molecular weight is 348 g/mol. The lowest BCUT2D eigenvalue weighted by Crippen LogP contribution is -2.25. The van der Waals surface area contributed by atoms with Crippen molar-refractivity contribution in [3.8, 4) is 11.5 Å². The van der Waals surface area contributed by atoms with Gasteiger partial charge in [-0.2, -0.15) is 0 Å². The number of anilines is 1. The van der Waals surface area contributed by atoms with E-state index in [1.807, 2.05) is 26.0 Å². The van der Waals surface area contributed by atoms with Gasteiger partial charge in [-0.25, -0.2) is 0 Å². The molecule has 2 rings (SSSR count). The Balaban J connectivity index is 2.26. The molecule has 0 saturated carbocycles. The molecule has 1 N–H and O–H groups in total. The molecule has 0 saturated heterocycles. The van der Waals surface area contributed by atoms with Gasteiger partial charge in [0.2, 0.25) is 5.91 Å². The van der Waals surface area contributed by atoms with Gasteiger partial charge in [0.25, 0.3) is 0 Å². The summed E-state index contributed by atoms with van der Waals surface area (Å²) >= 11 is 5.94. The molecule has 0 aliphatic rings. The highest BCUT2D eigenvalue weighted by Crippen LogP contribution is 2.30. The number of hydrogen-bond donors (Lipinski definition) is 1. The van der Waals surface area contributed by atoms with Gasteiger partial charge in [0.05, 0.1) is 20.1 Å². The number of benzene rings is 2. The molecule has 0 spiro atoms. The van der Waals surface area contributed by atoms with Crippen LogP contribution in [0.1, 0.15) is 25.3 Å². The Kier molecular flexibility index (Phi) is 6.10. The molecule has 0 fully saturated rings. The number of methoxy groups -OCH3 is 2. The van der Waals surface area contributed by atoms with E-state index in [-0.39, 0.29) is 17.7 Å². The monoisotopic (exact) mass is 347 g/mol. The summed E-state index contributed by atoms with van der Waals surface area (Å²) in [4.78, 5) is 12.8. The number of carbonyl (C=O) groups excluding carboxylic acids is 1. The molecule has 2 aromatic rings. The van der Waals surface area contributed by atoms with Gasteiger partial charge in [0.1, 0.15) is 11.5 Å². The zero-order valence-electron chi connectivity index (χ0n) is 14.3. The summed E-state index contributed by atoms with van der Waals surface area (Å²) in [7, 11) is 3.15. The third-order valence-corrected chi connectivity index (χ3v) is 4.05. The number of rotatable bonds is 6. The highest BCUT2D eigenvalue weighted by molar-refractivity contribution is 6.30. The summed E-state index contributed by atoms with van der Waals surface area (Å²) in [6.07, 6.45) is 0. The van der Waals surface area contributed by atoms with Crippen molar-refractivity contribution in [2.45, 2.75) is 19.8 Å². The van der Waals surface area contributed by atoms with E-state index in [2.05, 4.69) is 5.32 Å². The fourth-order valence-corrected chi connectivity index (χ4v) is 2.73. The maximum atomic E-state index is 12.8. The van der Waals surface area contributed by atoms with Crippen molar-refractivity contribution < 1.29 is 14.3 Å². The van der Waals surface area contributed by atoms with E-state index in [9.17, 15) is 4.79 Å². The van der Waals surface area contributed by atoms with E-state index in [4.69, 9.17) is 21.1 Å². The first kappa shape index (κ1) is 18.1. The van der Waals surface area contributed by atoms with E-state index in [1.165, 1.54) is 0 Å². The summed E-state index contributed by atoms with van der Waals surface area (Å²) in [6, 6.07) is 12.7. The first-order chi connectivity index (χ1) is 11.4. The highest BCUT2D eigenvalue weighted by Gasteiger charge is 2.24. The molecule has 2 aromatic carbocycles. The van der Waals surface area contributed by atoms with E-state index >= 15 is 0 Å². The van der Waals surface area contributed by atoms with Gasteiger partial charge in [0.15, 0.2) is 0 Å². The van der Waals surface area contributed by atoms with Crippen LogP contribution >= 0.6 is 11.6 Å². The van der Waals surface area contributed by atoms with Crippen molar-refractivity contribution in [3.63, 3.8) is 0 Å². The SMILES string of the molecule is COc1cc(NC(=O)C(c2ccc(Cl)cc2)C(C)C)cc(OC)c1. The maximum absolute atomic E-state index is 12.8. The third kappa shape index (κ3) is 4.42. The van der Waals surface area contributed by atoms with Crippen LogP contribution in [-0.2, 0) is 4.79 Å². The van der Waals surface area contributed by atoms with Crippen LogP contribution in [0.2, 0.25) is 5.02 Å². The Labute approximate surface area is 147 Å². The molecule has 0 aromatic heterocycles. The second-order valence-corrected chi connectivity index (χ2v) is 6.30. The smallest absolute Gasteiger partial charge is 0.232 e. The van der Waals surface area contributed by atoms with Crippen molar-refractivity contribution in [2.24, 2.45) is 5.92 Å². The van der Waals surface area contributed by atoms with Crippen LogP contribution in [0.25, 0.3) is 0 Å². The highest BCUT2D eigenvalue weighted by atomic mass is 35.5. The largest absolute Gasteiger partial charge is 0.497 e. The average Bonchev–Trinajstić information content (AvgIpc) is 2.56. The van der Waals surface area contributed by atoms with Crippen LogP contribution in [0, 0.1) is 5.92 Å². The second kappa shape index (κ2) is 8.06. The lowest BCUT2D eigenvalue weighted by Gasteiger charge is -2.21. The van der Waals surface area contributed by atoms with Crippen LogP contribution in [0.3, 0.4) is 0 Å². The molecule has 24 heavy (non-hydrogen) atoms. The first-order valence-corrected chi connectivity index (χ1v) is 8.11. The molecule has 4 nitrogen and oxygen atoms in total. The van der Waals surface area contributed by atoms with Crippen molar-refractivity contribution in [2.75, 3.05) is 19.5 Å². The zero-order valence-corrected chi connectivity index (χ0v) is 15.1. The number of halogens is 1. The van der Waals surface area contributed by atoms with E-state index in [0.29, 0.717) is 22.2 Å². The molecule has 128 valence electrons. The van der Waals surface area contributed by atoms with Crippen molar-refractivity contribution in [1.29, 1.82) is 0 Å². The summed E-state index contributed by atoms with van der Waals surface area (Å²) < 4.78 is 10.5. The number of nitrogens with one attached hydrogen (secondary N) is 1. The summed E-state index contributed by atoms with van der Waals surface area (Å²) in [5, 5.41) is 3.61. The van der Waals surface area contributed by atoms with Crippen LogP contribution in [0.4, 0.5) is 5.69 Å². The molecule has 5 heteroatoms. The quantitative estimate of drug-likeness (QED) is 0.821. The number of hydrogen-bond acceptors (Lipinski definition) is 3. The van der Waals surface area contributed by atoms with Gasteiger partial charge in [-0.15, -0.1) is 0 Å². The molecule has 0 radical (unpaired) electrons. The number of ether oxygens (including phenoxy) is 2. The molecule has 1 atom stereocenters. The maximum Gasteiger partial charge on any atom is 0.232 e. The molecule has 0 aliphatic carbocycles. The lowest BCUT2D eigenvalue weighted by atomic mass is 9.87. The van der Waals surface area contributed by atoms with Gasteiger partial charge in [0, 0.05) is 28.9 Å². The minimum absolute atomic E-state index is 0.0809. The fraction of sp³-hybridized carbons (Fsp3) is 0.316. The van der Waals surface area contributed by atoms with Gasteiger partial charge in [-0.05, 0) is 23.6 Å². The van der Waals surface area contributed by atoms with Crippen molar-refractivity contribution >= 4 is 23.2 Å². The molecular formula is C19H22ClNO3. The molecule has 1 amide bonds. The van der Waals surface area contributed by atoms with Crippen molar-refractivity contribution in [3.05, 3.63) is 53.1 Å². The van der Waals surface area contributed by atoms with Crippen LogP contribution < -0.4 is 14.8 Å². The Morgan fingerprint density at radius 1 is 1.00 bits per heavy atom. The summed E-state index contributed by atoms with van der Waals surface area (Å²) in [5.41, 5.74) is 1.57. The van der Waals surface area contributed by atoms with E-state index in [0.717, 1.165) is 5.56 Å². The molecule has 0 heterocycles. The predicted octanol–water partition coefficient (Wildman–Crippen LogP) is 4.74. The van der Waals surface area contributed by atoms with Crippen molar-refractivity contribution in [1.82, 2.24) is 0 Å².